The van der Waals surface area contributed by atoms with Crippen molar-refractivity contribution in [1.82, 2.24) is 10.3 Å². The minimum Gasteiger partial charge on any atom is -0.323 e. The number of benzene rings is 2. The van der Waals surface area contributed by atoms with E-state index >= 15 is 0 Å². The molecule has 1 unspecified atom stereocenters. The topological polar surface area (TPSA) is 91.4 Å². The summed E-state index contributed by atoms with van der Waals surface area (Å²) in [5, 5.41) is 5.65. The first-order valence-corrected chi connectivity index (χ1v) is 11.7. The maximum absolute atomic E-state index is 13.3. The number of carbonyl (C=O) groups excluding carboxylic acids is 3. The van der Waals surface area contributed by atoms with Crippen LogP contribution in [0.2, 0.25) is 5.02 Å². The van der Waals surface area contributed by atoms with Crippen LogP contribution in [0, 0.1) is 0 Å². The van der Waals surface area contributed by atoms with Crippen LogP contribution in [0.3, 0.4) is 0 Å². The van der Waals surface area contributed by atoms with E-state index in [0.717, 1.165) is 4.90 Å². The second-order valence-electron chi connectivity index (χ2n) is 8.09. The molecule has 7 nitrogen and oxygen atoms in total. The molecule has 1 aliphatic rings. The number of rotatable bonds is 6. The predicted octanol–water partition coefficient (Wildman–Crippen LogP) is 5.66. The fraction of sp³-hybridized carbons (Fsp3) is 0.167. The van der Waals surface area contributed by atoms with Crippen LogP contribution in [0.25, 0.3) is 0 Å². The van der Waals surface area contributed by atoms with Gasteiger partial charge in [-0.2, -0.15) is 13.2 Å². The number of nitrogens with one attached hydrogen (secondary N) is 2. The summed E-state index contributed by atoms with van der Waals surface area (Å²) in [4.78, 5) is 43.6. The van der Waals surface area contributed by atoms with E-state index in [9.17, 15) is 27.6 Å². The Morgan fingerprint density at radius 2 is 1.83 bits per heavy atom. The summed E-state index contributed by atoms with van der Waals surface area (Å²) >= 11 is 5.81. The quantitative estimate of drug-likeness (QED) is 0.315. The number of hydrogen-bond donors (Lipinski definition) is 2. The first kappa shape index (κ1) is 25.5. The molecule has 2 aromatic carbocycles. The molecule has 4 rings (SSSR count). The van der Waals surface area contributed by atoms with Crippen molar-refractivity contribution in [3.05, 3.63) is 83.1 Å². The molecule has 3 aromatic rings. The van der Waals surface area contributed by atoms with Crippen LogP contribution >= 0.6 is 23.4 Å². The molecule has 2 N–H and O–H groups in total. The largest absolute Gasteiger partial charge is 0.446 e. The third-order valence-corrected chi connectivity index (χ3v) is 6.48. The summed E-state index contributed by atoms with van der Waals surface area (Å²) in [5.41, 5.74) is -4.59. The second-order valence-corrected chi connectivity index (χ2v) is 9.63. The van der Waals surface area contributed by atoms with Gasteiger partial charge in [0.2, 0.25) is 0 Å². The lowest BCUT2D eigenvalue weighted by atomic mass is 9.92. The lowest BCUT2D eigenvalue weighted by Crippen LogP contribution is -2.46. The van der Waals surface area contributed by atoms with Gasteiger partial charge in [-0.05, 0) is 66.7 Å². The van der Waals surface area contributed by atoms with Crippen molar-refractivity contribution in [2.24, 2.45) is 0 Å². The second kappa shape index (κ2) is 9.82. The van der Waals surface area contributed by atoms with Crippen molar-refractivity contribution in [1.29, 1.82) is 0 Å². The number of thioether (sulfide) groups is 1. The number of alkyl halides is 3. The molecule has 4 amide bonds. The van der Waals surface area contributed by atoms with Crippen LogP contribution in [0.5, 0.6) is 0 Å². The van der Waals surface area contributed by atoms with Gasteiger partial charge in [-0.3, -0.25) is 14.6 Å². The lowest BCUT2D eigenvalue weighted by molar-refractivity contribution is -0.121. The Labute approximate surface area is 213 Å². The molecule has 186 valence electrons. The molecule has 1 aromatic heterocycles. The monoisotopic (exact) mass is 534 g/mol. The van der Waals surface area contributed by atoms with Gasteiger partial charge in [0.15, 0.2) is 0 Å². The number of imide groups is 1. The Balaban J connectivity index is 1.54. The SMILES string of the molecule is CC1(Cc2ccncc2NC(=O)c2ccccc2Cl)NC(=O)N(c2ccc(SC(F)(F)F)cc2)C1=O. The zero-order valence-corrected chi connectivity index (χ0v) is 20.2. The number of nitrogens with zero attached hydrogens (tertiary/aromatic N) is 2. The highest BCUT2D eigenvalue weighted by atomic mass is 35.5. The van der Waals surface area contributed by atoms with Gasteiger partial charge in [-0.1, -0.05) is 23.7 Å². The van der Waals surface area contributed by atoms with Gasteiger partial charge in [-0.15, -0.1) is 0 Å². The smallest absolute Gasteiger partial charge is 0.323 e. The van der Waals surface area contributed by atoms with Crippen molar-refractivity contribution in [2.45, 2.75) is 29.3 Å². The average molecular weight is 535 g/mol. The summed E-state index contributed by atoms with van der Waals surface area (Å²) < 4.78 is 37.8. The van der Waals surface area contributed by atoms with Gasteiger partial charge >= 0.3 is 11.5 Å². The van der Waals surface area contributed by atoms with Gasteiger partial charge in [0.05, 0.1) is 28.2 Å². The van der Waals surface area contributed by atoms with E-state index in [1.54, 1.807) is 30.3 Å². The normalized spacial score (nSPS) is 17.8. The van der Waals surface area contributed by atoms with E-state index in [2.05, 4.69) is 15.6 Å². The number of aromatic nitrogens is 1. The van der Waals surface area contributed by atoms with Crippen LogP contribution in [0.1, 0.15) is 22.8 Å². The van der Waals surface area contributed by atoms with E-state index in [1.807, 2.05) is 0 Å². The molecule has 2 heterocycles. The fourth-order valence-corrected chi connectivity index (χ4v) is 4.50. The molecule has 36 heavy (non-hydrogen) atoms. The number of amides is 4. The van der Waals surface area contributed by atoms with Gasteiger partial charge in [0.25, 0.3) is 11.8 Å². The first-order chi connectivity index (χ1) is 17.0. The van der Waals surface area contributed by atoms with Gasteiger partial charge < -0.3 is 10.6 Å². The Kier molecular flexibility index (Phi) is 6.96. The van der Waals surface area contributed by atoms with Crippen molar-refractivity contribution in [3.8, 4) is 0 Å². The number of hydrogen-bond acceptors (Lipinski definition) is 5. The minimum atomic E-state index is -4.45. The highest BCUT2D eigenvalue weighted by molar-refractivity contribution is 8.00. The predicted molar refractivity (Wildman–Crippen MR) is 130 cm³/mol. The summed E-state index contributed by atoms with van der Waals surface area (Å²) in [6, 6.07) is 12.3. The van der Waals surface area contributed by atoms with E-state index in [1.165, 1.54) is 43.6 Å². The van der Waals surface area contributed by atoms with Crippen LogP contribution in [-0.2, 0) is 11.2 Å². The lowest BCUT2D eigenvalue weighted by Gasteiger charge is -2.23. The average Bonchev–Trinajstić information content (AvgIpc) is 3.02. The molecule has 1 aliphatic heterocycles. The maximum Gasteiger partial charge on any atom is 0.446 e. The van der Waals surface area contributed by atoms with Gasteiger partial charge in [-0.25, -0.2) is 9.69 Å². The van der Waals surface area contributed by atoms with E-state index in [4.69, 9.17) is 11.6 Å². The standard InChI is InChI=1S/C24H18ClF3N4O3S/c1-23(12-14-10-11-29-13-19(14)30-20(33)17-4-2-3-5-18(17)25)21(34)32(22(35)31-23)15-6-8-16(9-7-15)36-24(26,27)28/h2-11,13H,12H2,1H3,(H,30,33)(H,31,35). The van der Waals surface area contributed by atoms with Crippen LogP contribution < -0.4 is 15.5 Å². The molecule has 1 fully saturated rings. The van der Waals surface area contributed by atoms with Gasteiger partial charge in [0.1, 0.15) is 5.54 Å². The van der Waals surface area contributed by atoms with Crippen LogP contribution in [0.4, 0.5) is 29.3 Å². The van der Waals surface area contributed by atoms with Crippen LogP contribution in [0.15, 0.2) is 71.9 Å². The molecule has 0 aliphatic carbocycles. The third-order valence-electron chi connectivity index (χ3n) is 5.41. The molecule has 0 radical (unpaired) electrons. The van der Waals surface area contributed by atoms with Gasteiger partial charge in [0, 0.05) is 17.5 Å². The Hall–Kier alpha value is -3.57. The number of carbonyl (C=O) groups is 3. The highest BCUT2D eigenvalue weighted by Crippen LogP contribution is 2.38. The minimum absolute atomic E-state index is 0.0107. The number of urea groups is 1. The van der Waals surface area contributed by atoms with E-state index in [-0.39, 0.29) is 39.4 Å². The molecule has 1 saturated heterocycles. The third kappa shape index (κ3) is 5.47. The first-order valence-electron chi connectivity index (χ1n) is 10.5. The highest BCUT2D eigenvalue weighted by Gasteiger charge is 2.48. The molecule has 1 atom stereocenters. The maximum atomic E-state index is 13.3. The van der Waals surface area contributed by atoms with Crippen molar-refractivity contribution >= 4 is 52.6 Å². The van der Waals surface area contributed by atoms with E-state index in [0.29, 0.717) is 11.3 Å². The zero-order valence-electron chi connectivity index (χ0n) is 18.6. The molecule has 0 bridgehead atoms. The number of halogens is 4. The summed E-state index contributed by atoms with van der Waals surface area (Å²) in [6.07, 6.45) is 2.92. The van der Waals surface area contributed by atoms with Crippen LogP contribution in [-0.4, -0.2) is 33.9 Å². The zero-order chi connectivity index (χ0) is 26.1. The molecular weight excluding hydrogens is 517 g/mol. The fourth-order valence-electron chi connectivity index (χ4n) is 3.74. The summed E-state index contributed by atoms with van der Waals surface area (Å²) in [5.74, 6) is -1.07. The molecule has 0 spiro atoms. The molecular formula is C24H18ClF3N4O3S. The van der Waals surface area contributed by atoms with Crippen molar-refractivity contribution in [3.63, 3.8) is 0 Å². The Morgan fingerprint density at radius 3 is 2.50 bits per heavy atom. The number of pyridine rings is 1. The Morgan fingerprint density at radius 1 is 1.14 bits per heavy atom. The number of anilines is 2. The summed E-state index contributed by atoms with van der Waals surface area (Å²) in [6.45, 7) is 1.53. The molecule has 0 saturated carbocycles. The molecule has 12 heteroatoms. The van der Waals surface area contributed by atoms with Crippen molar-refractivity contribution < 1.29 is 27.6 Å². The van der Waals surface area contributed by atoms with Crippen molar-refractivity contribution in [2.75, 3.05) is 10.2 Å². The summed E-state index contributed by atoms with van der Waals surface area (Å²) in [7, 11) is 0. The Bertz CT molecular complexity index is 1340. The van der Waals surface area contributed by atoms with E-state index < -0.39 is 28.9 Å².